The zero-order valence-electron chi connectivity index (χ0n) is 11.1. The Labute approximate surface area is 104 Å². The van der Waals surface area contributed by atoms with Gasteiger partial charge in [0.2, 0.25) is 5.91 Å². The molecule has 0 bridgehead atoms. The molecule has 0 aliphatic heterocycles. The van der Waals surface area contributed by atoms with Crippen LogP contribution < -0.4 is 11.1 Å². The van der Waals surface area contributed by atoms with E-state index in [1.807, 2.05) is 13.8 Å². The van der Waals surface area contributed by atoms with Crippen LogP contribution in [0.2, 0.25) is 0 Å². The van der Waals surface area contributed by atoms with Crippen molar-refractivity contribution in [3.8, 4) is 0 Å². The fraction of sp³-hybridized carbons (Fsp3) is 0.923. The van der Waals surface area contributed by atoms with Crippen LogP contribution in [0.4, 0.5) is 0 Å². The van der Waals surface area contributed by atoms with Crippen LogP contribution in [-0.2, 0) is 4.79 Å². The molecule has 0 spiro atoms. The molecule has 0 aromatic heterocycles. The molecular formula is C13H26N2O2. The number of amides is 1. The second-order valence-electron chi connectivity index (χ2n) is 5.45. The summed E-state index contributed by atoms with van der Waals surface area (Å²) in [5, 5.41) is 12.9. The lowest BCUT2D eigenvalue weighted by atomic mass is 9.93. The Bertz CT molecular complexity index is 256. The molecule has 1 amide bonds. The molecule has 0 unspecified atom stereocenters. The van der Waals surface area contributed by atoms with Gasteiger partial charge in [-0.25, -0.2) is 0 Å². The highest BCUT2D eigenvalue weighted by atomic mass is 16.3. The van der Waals surface area contributed by atoms with Crippen LogP contribution in [-0.4, -0.2) is 28.7 Å². The molecule has 1 aliphatic rings. The fourth-order valence-corrected chi connectivity index (χ4v) is 2.40. The minimum atomic E-state index is -0.771. The molecule has 1 saturated carbocycles. The van der Waals surface area contributed by atoms with E-state index in [2.05, 4.69) is 5.32 Å². The van der Waals surface area contributed by atoms with Crippen molar-refractivity contribution in [3.63, 3.8) is 0 Å². The topological polar surface area (TPSA) is 75.3 Å². The van der Waals surface area contributed by atoms with E-state index in [0.29, 0.717) is 25.8 Å². The van der Waals surface area contributed by atoms with Gasteiger partial charge in [-0.2, -0.15) is 0 Å². The lowest BCUT2D eigenvalue weighted by Crippen LogP contribution is -2.46. The van der Waals surface area contributed by atoms with Crippen LogP contribution in [0.3, 0.4) is 0 Å². The van der Waals surface area contributed by atoms with Gasteiger partial charge in [-0.05, 0) is 25.7 Å². The molecule has 0 aromatic rings. The minimum absolute atomic E-state index is 0.0327. The number of hydrogen-bond acceptors (Lipinski definition) is 3. The Hall–Kier alpha value is -0.610. The van der Waals surface area contributed by atoms with Crippen molar-refractivity contribution in [2.75, 3.05) is 6.54 Å². The van der Waals surface area contributed by atoms with E-state index in [1.165, 1.54) is 0 Å². The number of hydrogen-bond donors (Lipinski definition) is 3. The minimum Gasteiger partial charge on any atom is -0.388 e. The molecule has 4 nitrogen and oxygen atoms in total. The summed E-state index contributed by atoms with van der Waals surface area (Å²) in [5.41, 5.74) is 5.07. The van der Waals surface area contributed by atoms with Gasteiger partial charge in [0, 0.05) is 18.5 Å². The van der Waals surface area contributed by atoms with Crippen molar-refractivity contribution in [2.24, 2.45) is 5.73 Å². The van der Waals surface area contributed by atoms with Crippen LogP contribution >= 0.6 is 0 Å². The van der Waals surface area contributed by atoms with Gasteiger partial charge in [-0.1, -0.05) is 26.7 Å². The molecule has 0 atom stereocenters. The van der Waals surface area contributed by atoms with Crippen molar-refractivity contribution >= 4 is 5.91 Å². The van der Waals surface area contributed by atoms with Crippen molar-refractivity contribution in [1.82, 2.24) is 5.32 Å². The van der Waals surface area contributed by atoms with Crippen LogP contribution in [0.1, 0.15) is 58.8 Å². The summed E-state index contributed by atoms with van der Waals surface area (Å²) in [6.07, 6.45) is 5.80. The van der Waals surface area contributed by atoms with Gasteiger partial charge < -0.3 is 16.2 Å². The molecule has 0 radical (unpaired) electrons. The van der Waals surface area contributed by atoms with Gasteiger partial charge in [0.1, 0.15) is 0 Å². The molecule has 0 aromatic carbocycles. The highest BCUT2D eigenvalue weighted by molar-refractivity contribution is 5.77. The third-order valence-electron chi connectivity index (χ3n) is 4.04. The SMILES string of the molecule is CCC(O)(CC)CNC(=O)CC1(N)CCCC1. The normalized spacial score (nSPS) is 19.3. The third-order valence-corrected chi connectivity index (χ3v) is 4.04. The van der Waals surface area contributed by atoms with E-state index in [4.69, 9.17) is 5.73 Å². The zero-order chi connectivity index (χ0) is 12.9. The van der Waals surface area contributed by atoms with Crippen molar-refractivity contribution in [3.05, 3.63) is 0 Å². The van der Waals surface area contributed by atoms with E-state index in [1.54, 1.807) is 0 Å². The lowest BCUT2D eigenvalue weighted by Gasteiger charge is -2.27. The van der Waals surface area contributed by atoms with Gasteiger partial charge in [0.15, 0.2) is 0 Å². The molecule has 1 aliphatic carbocycles. The summed E-state index contributed by atoms with van der Waals surface area (Å²) >= 11 is 0. The summed E-state index contributed by atoms with van der Waals surface area (Å²) in [6, 6.07) is 0. The van der Waals surface area contributed by atoms with Crippen LogP contribution in [0.5, 0.6) is 0 Å². The first-order valence-electron chi connectivity index (χ1n) is 6.71. The Morgan fingerprint density at radius 3 is 2.35 bits per heavy atom. The standard InChI is InChI=1S/C13H26N2O2/c1-3-13(17,4-2)10-15-11(16)9-12(14)7-5-6-8-12/h17H,3-10,14H2,1-2H3,(H,15,16). The van der Waals surface area contributed by atoms with E-state index in [0.717, 1.165) is 25.7 Å². The van der Waals surface area contributed by atoms with Gasteiger partial charge in [-0.15, -0.1) is 0 Å². The molecule has 4 N–H and O–H groups in total. The number of nitrogens with two attached hydrogens (primary N) is 1. The van der Waals surface area contributed by atoms with Gasteiger partial charge in [0.05, 0.1) is 5.60 Å². The average molecular weight is 242 g/mol. The number of aliphatic hydroxyl groups is 1. The van der Waals surface area contributed by atoms with E-state index < -0.39 is 5.60 Å². The molecule has 100 valence electrons. The maximum Gasteiger partial charge on any atom is 0.221 e. The summed E-state index contributed by atoms with van der Waals surface area (Å²) in [5.74, 6) is -0.0327. The molecule has 0 saturated heterocycles. The van der Waals surface area contributed by atoms with Crippen molar-refractivity contribution in [2.45, 2.75) is 69.9 Å². The molecule has 1 fully saturated rings. The van der Waals surface area contributed by atoms with Crippen LogP contribution in [0.25, 0.3) is 0 Å². The quantitative estimate of drug-likeness (QED) is 0.657. The fourth-order valence-electron chi connectivity index (χ4n) is 2.40. The van der Waals surface area contributed by atoms with Gasteiger partial charge >= 0.3 is 0 Å². The first-order chi connectivity index (χ1) is 7.93. The summed E-state index contributed by atoms with van der Waals surface area (Å²) in [4.78, 5) is 11.8. The smallest absolute Gasteiger partial charge is 0.221 e. The van der Waals surface area contributed by atoms with E-state index in [9.17, 15) is 9.90 Å². The molecule has 17 heavy (non-hydrogen) atoms. The molecule has 0 heterocycles. The number of rotatable bonds is 6. The summed E-state index contributed by atoms with van der Waals surface area (Å²) in [7, 11) is 0. The highest BCUT2D eigenvalue weighted by Crippen LogP contribution is 2.29. The molecular weight excluding hydrogens is 216 g/mol. The predicted molar refractivity (Wildman–Crippen MR) is 68.5 cm³/mol. The maximum absolute atomic E-state index is 11.8. The Morgan fingerprint density at radius 1 is 1.35 bits per heavy atom. The number of carbonyl (C=O) groups is 1. The second kappa shape index (κ2) is 5.83. The van der Waals surface area contributed by atoms with Crippen LogP contribution in [0.15, 0.2) is 0 Å². The first-order valence-corrected chi connectivity index (χ1v) is 6.71. The molecule has 1 rings (SSSR count). The summed E-state index contributed by atoms with van der Waals surface area (Å²) in [6.45, 7) is 4.18. The Balaban J connectivity index is 2.34. The third kappa shape index (κ3) is 4.28. The monoisotopic (exact) mass is 242 g/mol. The number of nitrogens with one attached hydrogen (secondary N) is 1. The van der Waals surface area contributed by atoms with Crippen molar-refractivity contribution in [1.29, 1.82) is 0 Å². The van der Waals surface area contributed by atoms with Gasteiger partial charge in [0.25, 0.3) is 0 Å². The second-order valence-corrected chi connectivity index (χ2v) is 5.45. The van der Waals surface area contributed by atoms with Crippen LogP contribution in [0, 0.1) is 0 Å². The van der Waals surface area contributed by atoms with Crippen molar-refractivity contribution < 1.29 is 9.90 Å². The Morgan fingerprint density at radius 2 is 1.88 bits per heavy atom. The first kappa shape index (κ1) is 14.5. The Kier molecular flexibility index (Phi) is 4.95. The summed E-state index contributed by atoms with van der Waals surface area (Å²) < 4.78 is 0. The average Bonchev–Trinajstić information content (AvgIpc) is 2.72. The molecule has 4 heteroatoms. The lowest BCUT2D eigenvalue weighted by molar-refractivity contribution is -0.123. The largest absolute Gasteiger partial charge is 0.388 e. The van der Waals surface area contributed by atoms with E-state index in [-0.39, 0.29) is 11.4 Å². The maximum atomic E-state index is 11.8. The zero-order valence-corrected chi connectivity index (χ0v) is 11.1. The number of carbonyl (C=O) groups excluding carboxylic acids is 1. The van der Waals surface area contributed by atoms with Gasteiger partial charge in [-0.3, -0.25) is 4.79 Å². The predicted octanol–water partition coefficient (Wildman–Crippen LogP) is 1.32. The van der Waals surface area contributed by atoms with E-state index >= 15 is 0 Å². The highest BCUT2D eigenvalue weighted by Gasteiger charge is 2.32.